The molecule has 0 saturated carbocycles. The number of alkyl carbamates (subject to hydrolysis) is 1. The summed E-state index contributed by atoms with van der Waals surface area (Å²) in [6.45, 7) is 5.10. The molecule has 1 N–H and O–H groups in total. The molecular formula is C28H24ClF4N9O2. The first-order valence-corrected chi connectivity index (χ1v) is 13.4. The van der Waals surface area contributed by atoms with Crippen LogP contribution in [-0.4, -0.2) is 58.2 Å². The second-order valence-electron chi connectivity index (χ2n) is 10.5. The Bertz CT molecular complexity index is 1770. The van der Waals surface area contributed by atoms with E-state index >= 15 is 4.39 Å². The van der Waals surface area contributed by atoms with Gasteiger partial charge in [0.05, 0.1) is 22.6 Å². The Labute approximate surface area is 252 Å². The van der Waals surface area contributed by atoms with Crippen LogP contribution in [0, 0.1) is 5.82 Å². The number of carbonyl (C=O) groups is 1. The van der Waals surface area contributed by atoms with Crippen molar-refractivity contribution in [3.63, 3.8) is 0 Å². The van der Waals surface area contributed by atoms with E-state index in [-0.39, 0.29) is 22.7 Å². The van der Waals surface area contributed by atoms with E-state index in [1.54, 1.807) is 39.0 Å². The Morgan fingerprint density at radius 2 is 1.84 bits per heavy atom. The number of ether oxygens (including phenoxy) is 1. The normalized spacial score (nSPS) is 12.6. The zero-order valence-electron chi connectivity index (χ0n) is 23.4. The first kappa shape index (κ1) is 30.5. The van der Waals surface area contributed by atoms with E-state index in [4.69, 9.17) is 16.3 Å². The van der Waals surface area contributed by atoms with Crippen molar-refractivity contribution in [1.82, 2.24) is 45.3 Å². The number of nitrogens with zero attached hydrogens (tertiary/aromatic N) is 8. The molecule has 0 aliphatic carbocycles. The van der Waals surface area contributed by atoms with Gasteiger partial charge in [0.1, 0.15) is 23.7 Å². The Morgan fingerprint density at radius 3 is 2.50 bits per heavy atom. The van der Waals surface area contributed by atoms with E-state index in [0.29, 0.717) is 22.5 Å². The summed E-state index contributed by atoms with van der Waals surface area (Å²) in [6.07, 6.45) is 1.40. The van der Waals surface area contributed by atoms with Crippen LogP contribution in [0.5, 0.6) is 0 Å². The molecule has 1 aromatic carbocycles. The van der Waals surface area contributed by atoms with Gasteiger partial charge in [0.15, 0.2) is 5.82 Å². The molecule has 0 radical (unpaired) electrons. The number of tetrazole rings is 1. The fourth-order valence-electron chi connectivity index (χ4n) is 4.28. The second kappa shape index (κ2) is 12.0. The third-order valence-corrected chi connectivity index (χ3v) is 6.52. The van der Waals surface area contributed by atoms with Crippen LogP contribution in [-0.2, 0) is 10.9 Å². The van der Waals surface area contributed by atoms with E-state index in [0.717, 1.165) is 12.3 Å². The molecule has 11 nitrogen and oxygen atoms in total. The number of hydrogen-bond acceptors (Lipinski definition) is 8. The van der Waals surface area contributed by atoms with Crippen LogP contribution in [0.3, 0.4) is 0 Å². The Morgan fingerprint density at radius 1 is 1.05 bits per heavy atom. The van der Waals surface area contributed by atoms with Crippen molar-refractivity contribution < 1.29 is 27.1 Å². The summed E-state index contributed by atoms with van der Waals surface area (Å²) in [5, 5.41) is 18.0. The molecule has 0 aliphatic rings. The second-order valence-corrected chi connectivity index (χ2v) is 10.9. The molecule has 0 bridgehead atoms. The van der Waals surface area contributed by atoms with Crippen molar-refractivity contribution in [3.8, 4) is 27.9 Å². The van der Waals surface area contributed by atoms with Crippen LogP contribution in [0.4, 0.5) is 22.4 Å². The number of halogens is 5. The van der Waals surface area contributed by atoms with Gasteiger partial charge in [-0.15, -0.1) is 5.10 Å². The van der Waals surface area contributed by atoms with Gasteiger partial charge in [0.2, 0.25) is 0 Å². The Balaban J connectivity index is 1.50. The van der Waals surface area contributed by atoms with Crippen molar-refractivity contribution in [3.05, 3.63) is 89.7 Å². The Kier molecular flexibility index (Phi) is 8.32. The third kappa shape index (κ3) is 6.83. The molecule has 0 spiro atoms. The van der Waals surface area contributed by atoms with E-state index in [1.807, 2.05) is 0 Å². The van der Waals surface area contributed by atoms with Crippen LogP contribution >= 0.6 is 11.6 Å². The number of pyridine rings is 2. The van der Waals surface area contributed by atoms with Crippen molar-refractivity contribution in [2.75, 3.05) is 6.54 Å². The topological polar surface area (TPSA) is 126 Å². The minimum atomic E-state index is -4.62. The summed E-state index contributed by atoms with van der Waals surface area (Å²) in [5.74, 6) is -0.704. The standard InChI is InChI=1S/C28H24ClF4N9O2/c1-27(2,3)44-26(43)36-13-22(41-14-18(12-38-41)16-8-9-34-23(10-16)28(31,32)33)20-6-4-17(11-35-20)24-21(42-15-37-39-40-42)7-5-19(29)25(24)30/h4-12,14-15,22H,13H2,1-3H3,(H,36,43). The fourth-order valence-corrected chi connectivity index (χ4v) is 4.44. The zero-order valence-corrected chi connectivity index (χ0v) is 24.2. The van der Waals surface area contributed by atoms with Crippen molar-refractivity contribution in [2.45, 2.75) is 38.6 Å². The number of amides is 1. The van der Waals surface area contributed by atoms with Gasteiger partial charge >= 0.3 is 12.3 Å². The van der Waals surface area contributed by atoms with Crippen LogP contribution in [0.15, 0.2) is 67.5 Å². The lowest BCUT2D eigenvalue weighted by molar-refractivity contribution is -0.141. The van der Waals surface area contributed by atoms with E-state index < -0.39 is 35.4 Å². The van der Waals surface area contributed by atoms with Gasteiger partial charge in [-0.3, -0.25) is 14.6 Å². The van der Waals surface area contributed by atoms with Gasteiger partial charge in [-0.2, -0.15) is 23.0 Å². The molecule has 5 rings (SSSR count). The molecule has 0 saturated heterocycles. The minimum Gasteiger partial charge on any atom is -0.444 e. The number of nitrogens with one attached hydrogen (secondary N) is 1. The highest BCUT2D eigenvalue weighted by Crippen LogP contribution is 2.34. The number of benzene rings is 1. The first-order chi connectivity index (χ1) is 20.8. The van der Waals surface area contributed by atoms with Crippen LogP contribution in [0.25, 0.3) is 27.9 Å². The summed E-state index contributed by atoms with van der Waals surface area (Å²) in [5.41, 5.74) is 0.00317. The molecule has 1 unspecified atom stereocenters. The SMILES string of the molecule is CC(C)(C)OC(=O)NCC(c1ccc(-c2c(-n3cnnn3)ccc(Cl)c2F)cn1)n1cc(-c2ccnc(C(F)(F)F)c2)cn1. The summed E-state index contributed by atoms with van der Waals surface area (Å²) in [7, 11) is 0. The highest BCUT2D eigenvalue weighted by molar-refractivity contribution is 6.31. The zero-order chi connectivity index (χ0) is 31.6. The maximum atomic E-state index is 15.3. The van der Waals surface area contributed by atoms with Gasteiger partial charge in [-0.25, -0.2) is 9.18 Å². The predicted molar refractivity (Wildman–Crippen MR) is 150 cm³/mol. The molecule has 0 aliphatic heterocycles. The molecule has 4 aromatic heterocycles. The van der Waals surface area contributed by atoms with Crippen molar-refractivity contribution in [1.29, 1.82) is 0 Å². The quantitative estimate of drug-likeness (QED) is 0.220. The van der Waals surface area contributed by atoms with Crippen LogP contribution in [0.2, 0.25) is 5.02 Å². The first-order valence-electron chi connectivity index (χ1n) is 13.0. The summed E-state index contributed by atoms with van der Waals surface area (Å²) < 4.78 is 63.1. The van der Waals surface area contributed by atoms with E-state index in [1.165, 1.54) is 46.4 Å². The highest BCUT2D eigenvalue weighted by atomic mass is 35.5. The van der Waals surface area contributed by atoms with Gasteiger partial charge in [-0.05, 0) is 67.1 Å². The molecule has 0 fully saturated rings. The maximum absolute atomic E-state index is 15.3. The van der Waals surface area contributed by atoms with E-state index in [9.17, 15) is 18.0 Å². The van der Waals surface area contributed by atoms with Gasteiger partial charge in [0, 0.05) is 41.8 Å². The summed E-state index contributed by atoms with van der Waals surface area (Å²) in [6, 6.07) is 7.77. The smallest absolute Gasteiger partial charge is 0.433 e. The fraction of sp³-hybridized carbons (Fsp3) is 0.250. The minimum absolute atomic E-state index is 0.0477. The molecule has 44 heavy (non-hydrogen) atoms. The number of rotatable bonds is 7. The van der Waals surface area contributed by atoms with Crippen molar-refractivity contribution >= 4 is 17.7 Å². The molecule has 4 heterocycles. The van der Waals surface area contributed by atoms with Crippen LogP contribution < -0.4 is 5.32 Å². The molecule has 5 aromatic rings. The van der Waals surface area contributed by atoms with Gasteiger partial charge in [0.25, 0.3) is 0 Å². The average molecular weight is 630 g/mol. The molecule has 1 atom stereocenters. The average Bonchev–Trinajstić information content (AvgIpc) is 3.67. The maximum Gasteiger partial charge on any atom is 0.433 e. The van der Waals surface area contributed by atoms with Crippen molar-refractivity contribution in [2.24, 2.45) is 0 Å². The molecule has 228 valence electrons. The largest absolute Gasteiger partial charge is 0.444 e. The molecular weight excluding hydrogens is 606 g/mol. The highest BCUT2D eigenvalue weighted by Gasteiger charge is 2.32. The summed E-state index contributed by atoms with van der Waals surface area (Å²) in [4.78, 5) is 20.4. The van der Waals surface area contributed by atoms with Gasteiger partial charge in [-0.1, -0.05) is 17.7 Å². The lowest BCUT2D eigenvalue weighted by Crippen LogP contribution is -2.36. The number of hydrogen-bond donors (Lipinski definition) is 1. The number of carbonyl (C=O) groups excluding carboxylic acids is 1. The summed E-state index contributed by atoms with van der Waals surface area (Å²) >= 11 is 6.08. The molecule has 1 amide bonds. The monoisotopic (exact) mass is 629 g/mol. The third-order valence-electron chi connectivity index (χ3n) is 6.23. The van der Waals surface area contributed by atoms with Gasteiger partial charge < -0.3 is 10.1 Å². The lowest BCUT2D eigenvalue weighted by atomic mass is 10.0. The lowest BCUT2D eigenvalue weighted by Gasteiger charge is -2.22. The van der Waals surface area contributed by atoms with E-state index in [2.05, 4.69) is 35.9 Å². The van der Waals surface area contributed by atoms with Crippen LogP contribution in [0.1, 0.15) is 38.2 Å². The number of alkyl halides is 3. The Hall–Kier alpha value is -4.92. The predicted octanol–water partition coefficient (Wildman–Crippen LogP) is 5.91. The molecule has 16 heteroatoms. The number of aromatic nitrogens is 8.